The van der Waals surface area contributed by atoms with E-state index in [2.05, 4.69) is 17.4 Å². The van der Waals surface area contributed by atoms with Gasteiger partial charge < -0.3 is 5.32 Å². The molecular weight excluding hydrogens is 367 g/mol. The maximum Gasteiger partial charge on any atom is 0.243 e. The largest absolute Gasteiger partial charge is 0.354 e. The van der Waals surface area contributed by atoms with Crippen LogP contribution >= 0.6 is 0 Å². The Bertz CT molecular complexity index is 865. The topological polar surface area (TPSA) is 66.5 Å². The van der Waals surface area contributed by atoms with E-state index >= 15 is 0 Å². The summed E-state index contributed by atoms with van der Waals surface area (Å²) in [5.74, 6) is -0.867. The van der Waals surface area contributed by atoms with E-state index in [0.29, 0.717) is 6.54 Å². The molecule has 0 heterocycles. The van der Waals surface area contributed by atoms with E-state index in [9.17, 15) is 17.6 Å². The molecule has 0 aliphatic heterocycles. The van der Waals surface area contributed by atoms with Crippen LogP contribution in [0.2, 0.25) is 0 Å². The minimum absolute atomic E-state index is 0.251. The van der Waals surface area contributed by atoms with E-state index in [0.717, 1.165) is 23.4 Å². The predicted molar refractivity (Wildman–Crippen MR) is 106 cm³/mol. The molecule has 1 amide bonds. The Labute approximate surface area is 160 Å². The zero-order valence-electron chi connectivity index (χ0n) is 15.8. The van der Waals surface area contributed by atoms with E-state index in [-0.39, 0.29) is 5.69 Å². The Morgan fingerprint density at radius 3 is 2.26 bits per heavy atom. The predicted octanol–water partition coefficient (Wildman–Crippen LogP) is 3.04. The zero-order valence-corrected chi connectivity index (χ0v) is 16.6. The molecule has 2 rings (SSSR count). The maximum absolute atomic E-state index is 13.1. The fraction of sp³-hybridized carbons (Fsp3) is 0.350. The van der Waals surface area contributed by atoms with Gasteiger partial charge in [-0.05, 0) is 56.5 Å². The minimum atomic E-state index is -3.70. The van der Waals surface area contributed by atoms with Crippen LogP contribution < -0.4 is 9.62 Å². The highest BCUT2D eigenvalue weighted by Crippen LogP contribution is 2.21. The summed E-state index contributed by atoms with van der Waals surface area (Å²) in [6.07, 6.45) is 2.59. The van der Waals surface area contributed by atoms with E-state index in [1.165, 1.54) is 42.3 Å². The van der Waals surface area contributed by atoms with Crippen molar-refractivity contribution in [3.63, 3.8) is 0 Å². The molecule has 7 heteroatoms. The second-order valence-electron chi connectivity index (χ2n) is 6.59. The Morgan fingerprint density at radius 2 is 1.70 bits per heavy atom. The van der Waals surface area contributed by atoms with Gasteiger partial charge in [-0.2, -0.15) is 0 Å². The van der Waals surface area contributed by atoms with Gasteiger partial charge in [0.1, 0.15) is 11.9 Å². The maximum atomic E-state index is 13.1. The van der Waals surface area contributed by atoms with E-state index in [1.54, 1.807) is 0 Å². The Kier molecular flexibility index (Phi) is 6.96. The molecule has 1 N–H and O–H groups in total. The van der Waals surface area contributed by atoms with Crippen molar-refractivity contribution >= 4 is 21.6 Å². The molecule has 0 radical (unpaired) electrons. The smallest absolute Gasteiger partial charge is 0.243 e. The van der Waals surface area contributed by atoms with Crippen LogP contribution in [0, 0.1) is 12.7 Å². The summed E-state index contributed by atoms with van der Waals surface area (Å²) in [6.45, 7) is 3.98. The van der Waals surface area contributed by atoms with Gasteiger partial charge in [-0.15, -0.1) is 0 Å². The fourth-order valence-corrected chi connectivity index (χ4v) is 3.98. The van der Waals surface area contributed by atoms with Gasteiger partial charge in [0, 0.05) is 6.54 Å². The fourth-order valence-electron chi connectivity index (χ4n) is 2.80. The highest BCUT2D eigenvalue weighted by Gasteiger charge is 2.28. The highest BCUT2D eigenvalue weighted by atomic mass is 32.2. The number of hydrogen-bond acceptors (Lipinski definition) is 3. The van der Waals surface area contributed by atoms with Crippen LogP contribution in [-0.4, -0.2) is 33.2 Å². The lowest BCUT2D eigenvalue weighted by atomic mass is 10.1. The highest BCUT2D eigenvalue weighted by molar-refractivity contribution is 7.92. The molecule has 0 saturated carbocycles. The van der Waals surface area contributed by atoms with Crippen LogP contribution in [0.4, 0.5) is 10.1 Å². The van der Waals surface area contributed by atoms with E-state index < -0.39 is 27.8 Å². The molecule has 2 aromatic rings. The molecule has 0 spiro atoms. The molecule has 0 unspecified atom stereocenters. The molecule has 0 aliphatic rings. The van der Waals surface area contributed by atoms with Crippen molar-refractivity contribution in [3.8, 4) is 0 Å². The number of carbonyl (C=O) groups is 1. The van der Waals surface area contributed by atoms with Crippen molar-refractivity contribution in [1.29, 1.82) is 0 Å². The van der Waals surface area contributed by atoms with Gasteiger partial charge in [-0.1, -0.05) is 29.8 Å². The van der Waals surface area contributed by atoms with Crippen molar-refractivity contribution in [1.82, 2.24) is 5.32 Å². The molecule has 0 fully saturated rings. The van der Waals surface area contributed by atoms with Crippen molar-refractivity contribution in [3.05, 3.63) is 65.5 Å². The first kappa shape index (κ1) is 20.9. The number of rotatable bonds is 8. The van der Waals surface area contributed by atoms with Crippen LogP contribution in [0.3, 0.4) is 0 Å². The summed E-state index contributed by atoms with van der Waals surface area (Å²) in [7, 11) is -3.70. The molecule has 146 valence electrons. The average Bonchev–Trinajstić information content (AvgIpc) is 2.60. The number of nitrogens with zero attached hydrogens (tertiary/aromatic N) is 1. The van der Waals surface area contributed by atoms with Crippen LogP contribution in [0.5, 0.6) is 0 Å². The second-order valence-corrected chi connectivity index (χ2v) is 8.45. The summed E-state index contributed by atoms with van der Waals surface area (Å²) in [5.41, 5.74) is 2.63. The van der Waals surface area contributed by atoms with E-state index in [4.69, 9.17) is 0 Å². The van der Waals surface area contributed by atoms with Crippen LogP contribution in [0.1, 0.15) is 24.5 Å². The zero-order chi connectivity index (χ0) is 20.0. The van der Waals surface area contributed by atoms with Gasteiger partial charge in [-0.3, -0.25) is 9.10 Å². The molecule has 0 bridgehead atoms. The summed E-state index contributed by atoms with van der Waals surface area (Å²) in [6, 6.07) is 12.3. The first-order valence-corrected chi connectivity index (χ1v) is 10.6. The van der Waals surface area contributed by atoms with Gasteiger partial charge in [0.05, 0.1) is 11.9 Å². The summed E-state index contributed by atoms with van der Waals surface area (Å²) >= 11 is 0. The number of hydrogen-bond donors (Lipinski definition) is 1. The SMILES string of the molecule is Cc1ccc(CCCNC(=O)[C@H](C)N(c2ccc(F)cc2)S(C)(=O)=O)cc1. The number of sulfonamides is 1. The minimum Gasteiger partial charge on any atom is -0.354 e. The number of nitrogens with one attached hydrogen (secondary N) is 1. The number of amides is 1. The average molecular weight is 392 g/mol. The van der Waals surface area contributed by atoms with Gasteiger partial charge >= 0.3 is 0 Å². The molecule has 0 saturated heterocycles. The molecular formula is C20H25FN2O3S. The Morgan fingerprint density at radius 1 is 1.11 bits per heavy atom. The molecule has 1 atom stereocenters. The van der Waals surface area contributed by atoms with Crippen LogP contribution in [0.25, 0.3) is 0 Å². The van der Waals surface area contributed by atoms with E-state index in [1.807, 2.05) is 19.1 Å². The standard InChI is InChI=1S/C20H25FN2O3S/c1-15-6-8-17(9-7-15)5-4-14-22-20(24)16(2)23(27(3,25)26)19-12-10-18(21)11-13-19/h6-13,16H,4-5,14H2,1-3H3,(H,22,24)/t16-/m0/s1. The van der Waals surface area contributed by atoms with Gasteiger partial charge in [0.2, 0.25) is 15.9 Å². The number of aryl methyl sites for hydroxylation is 2. The Balaban J connectivity index is 1.96. The van der Waals surface area contributed by atoms with Gasteiger partial charge in [-0.25, -0.2) is 12.8 Å². The summed E-state index contributed by atoms with van der Waals surface area (Å²) < 4.78 is 38.4. The number of carbonyl (C=O) groups excluding carboxylic acids is 1. The third kappa shape index (κ3) is 6.06. The van der Waals surface area contributed by atoms with Gasteiger partial charge in [0.15, 0.2) is 0 Å². The molecule has 5 nitrogen and oxygen atoms in total. The normalized spacial score (nSPS) is 12.4. The van der Waals surface area contributed by atoms with Crippen LogP contribution in [0.15, 0.2) is 48.5 Å². The van der Waals surface area contributed by atoms with Crippen molar-refractivity contribution < 1.29 is 17.6 Å². The molecule has 2 aromatic carbocycles. The monoisotopic (exact) mass is 392 g/mol. The summed E-state index contributed by atoms with van der Waals surface area (Å²) in [4.78, 5) is 12.4. The van der Waals surface area contributed by atoms with Crippen molar-refractivity contribution in [2.24, 2.45) is 0 Å². The first-order chi connectivity index (χ1) is 12.7. The van der Waals surface area contributed by atoms with Crippen molar-refractivity contribution in [2.45, 2.75) is 32.7 Å². The lowest BCUT2D eigenvalue weighted by Gasteiger charge is -2.28. The summed E-state index contributed by atoms with van der Waals surface area (Å²) in [5, 5.41) is 2.78. The number of halogens is 1. The van der Waals surface area contributed by atoms with Gasteiger partial charge in [0.25, 0.3) is 0 Å². The molecule has 27 heavy (non-hydrogen) atoms. The second kappa shape index (κ2) is 8.99. The lowest BCUT2D eigenvalue weighted by molar-refractivity contribution is -0.121. The molecule has 0 aliphatic carbocycles. The third-order valence-corrected chi connectivity index (χ3v) is 5.47. The lowest BCUT2D eigenvalue weighted by Crippen LogP contribution is -2.48. The number of anilines is 1. The first-order valence-electron chi connectivity index (χ1n) is 8.76. The Hall–Kier alpha value is -2.41. The van der Waals surface area contributed by atoms with Crippen molar-refractivity contribution in [2.75, 3.05) is 17.1 Å². The third-order valence-electron chi connectivity index (χ3n) is 4.23. The quantitative estimate of drug-likeness (QED) is 0.702. The van der Waals surface area contributed by atoms with Crippen LogP contribution in [-0.2, 0) is 21.2 Å². The number of benzene rings is 2. The molecule has 0 aromatic heterocycles.